The predicted octanol–water partition coefficient (Wildman–Crippen LogP) is 1.59. The zero-order valence-electron chi connectivity index (χ0n) is 13.9. The molecule has 6 nitrogen and oxygen atoms in total. The van der Waals surface area contributed by atoms with E-state index in [4.69, 9.17) is 4.74 Å². The maximum Gasteiger partial charge on any atom is 0.471 e. The molecule has 0 aromatic heterocycles. The minimum Gasteiger partial charge on any atom is -0.377 e. The number of hydrogen-bond donors (Lipinski definition) is 1. The first-order valence-electron chi connectivity index (χ1n) is 8.26. The van der Waals surface area contributed by atoms with E-state index in [1.54, 1.807) is 6.07 Å². The molecule has 0 saturated carbocycles. The molecule has 1 unspecified atom stereocenters. The number of hydrogen-bond acceptors (Lipinski definition) is 4. The van der Waals surface area contributed by atoms with Crippen LogP contribution >= 0.6 is 0 Å². The Labute approximate surface area is 149 Å². The zero-order chi connectivity index (χ0) is 18.9. The molecule has 1 fully saturated rings. The van der Waals surface area contributed by atoms with Gasteiger partial charge in [-0.1, -0.05) is 6.07 Å². The lowest BCUT2D eigenvalue weighted by atomic mass is 10.00. The molecule has 1 aromatic rings. The van der Waals surface area contributed by atoms with Crippen molar-refractivity contribution in [3.05, 3.63) is 29.3 Å². The molecule has 144 valence electrons. The lowest BCUT2D eigenvalue weighted by Crippen LogP contribution is -2.43. The number of ether oxygens (including phenoxy) is 1. The van der Waals surface area contributed by atoms with E-state index < -0.39 is 22.1 Å². The molecule has 0 spiro atoms. The van der Waals surface area contributed by atoms with Crippen molar-refractivity contribution < 1.29 is 31.1 Å². The fourth-order valence-corrected chi connectivity index (χ4v) is 4.26. The number of halogens is 3. The molecule has 1 atom stereocenters. The summed E-state index contributed by atoms with van der Waals surface area (Å²) in [6.45, 7) is 0.448. The first-order chi connectivity index (χ1) is 12.2. The van der Waals surface area contributed by atoms with Crippen LogP contribution in [-0.4, -0.2) is 51.2 Å². The highest BCUT2D eigenvalue weighted by atomic mass is 32.2. The molecule has 2 heterocycles. The lowest BCUT2D eigenvalue weighted by Gasteiger charge is -2.29. The van der Waals surface area contributed by atoms with Crippen LogP contribution in [0, 0.1) is 0 Å². The van der Waals surface area contributed by atoms with Crippen molar-refractivity contribution in [2.75, 3.05) is 19.7 Å². The summed E-state index contributed by atoms with van der Waals surface area (Å²) in [6.07, 6.45) is -3.19. The number of nitrogens with zero attached hydrogens (tertiary/aromatic N) is 1. The van der Waals surface area contributed by atoms with Gasteiger partial charge >= 0.3 is 12.1 Å². The summed E-state index contributed by atoms with van der Waals surface area (Å²) in [6, 6.07) is 4.35. The first kappa shape index (κ1) is 19.1. The molecule has 2 aliphatic heterocycles. The molecule has 0 aliphatic carbocycles. The van der Waals surface area contributed by atoms with Gasteiger partial charge in [-0.25, -0.2) is 13.1 Å². The van der Waals surface area contributed by atoms with Gasteiger partial charge in [0.05, 0.1) is 11.0 Å². The topological polar surface area (TPSA) is 75.7 Å². The van der Waals surface area contributed by atoms with Crippen molar-refractivity contribution in [1.29, 1.82) is 0 Å². The number of nitrogens with one attached hydrogen (secondary N) is 1. The van der Waals surface area contributed by atoms with Crippen LogP contribution in [0.3, 0.4) is 0 Å². The van der Waals surface area contributed by atoms with Gasteiger partial charge in [0.25, 0.3) is 0 Å². The van der Waals surface area contributed by atoms with Gasteiger partial charge in [-0.15, -0.1) is 0 Å². The SMILES string of the molecule is O=C(N1CCc2ccc(S(=O)(=O)NCC3CCCO3)cc2C1)C(F)(F)F. The number of alkyl halides is 3. The molecule has 10 heteroatoms. The minimum atomic E-state index is -4.94. The summed E-state index contributed by atoms with van der Waals surface area (Å²) in [5.41, 5.74) is 1.16. The van der Waals surface area contributed by atoms with E-state index in [2.05, 4.69) is 4.72 Å². The maximum absolute atomic E-state index is 12.6. The van der Waals surface area contributed by atoms with Gasteiger partial charge in [0, 0.05) is 26.2 Å². The third-order valence-corrected chi connectivity index (χ3v) is 5.98. The van der Waals surface area contributed by atoms with Crippen molar-refractivity contribution >= 4 is 15.9 Å². The van der Waals surface area contributed by atoms with E-state index in [1.807, 2.05) is 0 Å². The molecule has 1 amide bonds. The standard InChI is InChI=1S/C16H19F3N2O4S/c17-16(18,19)15(22)21-6-5-11-3-4-14(8-12(11)10-21)26(23,24)20-9-13-2-1-7-25-13/h3-4,8,13,20H,1-2,5-7,9-10H2. The van der Waals surface area contributed by atoms with Crippen LogP contribution in [0.25, 0.3) is 0 Å². The fraction of sp³-hybridized carbons (Fsp3) is 0.562. The average molecular weight is 392 g/mol. The smallest absolute Gasteiger partial charge is 0.377 e. The van der Waals surface area contributed by atoms with Gasteiger partial charge in [-0.2, -0.15) is 13.2 Å². The van der Waals surface area contributed by atoms with Crippen LogP contribution in [0.2, 0.25) is 0 Å². The number of carbonyl (C=O) groups excluding carboxylic acids is 1. The molecule has 1 aromatic carbocycles. The molecule has 0 bridgehead atoms. The molecule has 26 heavy (non-hydrogen) atoms. The summed E-state index contributed by atoms with van der Waals surface area (Å²) in [5.74, 6) is -1.91. The fourth-order valence-electron chi connectivity index (χ4n) is 3.14. The number of fused-ring (bicyclic) bond motifs is 1. The Hall–Kier alpha value is -1.65. The lowest BCUT2D eigenvalue weighted by molar-refractivity contribution is -0.186. The third kappa shape index (κ3) is 4.18. The van der Waals surface area contributed by atoms with E-state index >= 15 is 0 Å². The van der Waals surface area contributed by atoms with Gasteiger partial charge in [0.15, 0.2) is 0 Å². The molecular weight excluding hydrogens is 373 g/mol. The molecule has 0 radical (unpaired) electrons. The van der Waals surface area contributed by atoms with Gasteiger partial charge in [0.2, 0.25) is 10.0 Å². The largest absolute Gasteiger partial charge is 0.471 e. The number of benzene rings is 1. The quantitative estimate of drug-likeness (QED) is 0.845. The van der Waals surface area contributed by atoms with Gasteiger partial charge < -0.3 is 9.64 Å². The summed E-state index contributed by atoms with van der Waals surface area (Å²) in [4.78, 5) is 12.1. The van der Waals surface area contributed by atoms with Gasteiger partial charge in [0.1, 0.15) is 0 Å². The van der Waals surface area contributed by atoms with Crippen molar-refractivity contribution in [2.45, 2.75) is 43.0 Å². The minimum absolute atomic E-state index is 0.0319. The summed E-state index contributed by atoms with van der Waals surface area (Å²) in [5, 5.41) is 0. The second-order valence-corrected chi connectivity index (χ2v) is 8.16. The Balaban J connectivity index is 1.74. The second-order valence-electron chi connectivity index (χ2n) is 6.39. The summed E-state index contributed by atoms with van der Waals surface area (Å²) < 4.78 is 70.5. The van der Waals surface area contributed by atoms with Gasteiger partial charge in [-0.05, 0) is 42.5 Å². The van der Waals surface area contributed by atoms with Crippen LogP contribution < -0.4 is 4.72 Å². The van der Waals surface area contributed by atoms with Crippen molar-refractivity contribution in [1.82, 2.24) is 9.62 Å². The third-order valence-electron chi connectivity index (χ3n) is 4.56. The van der Waals surface area contributed by atoms with Crippen LogP contribution in [0.15, 0.2) is 23.1 Å². The number of rotatable bonds is 4. The van der Waals surface area contributed by atoms with E-state index in [0.717, 1.165) is 18.4 Å². The molecule has 3 rings (SSSR count). The normalized spacial score (nSPS) is 20.9. The first-order valence-corrected chi connectivity index (χ1v) is 9.74. The maximum atomic E-state index is 12.6. The molecule has 1 saturated heterocycles. The Morgan fingerprint density at radius 3 is 2.73 bits per heavy atom. The highest BCUT2D eigenvalue weighted by molar-refractivity contribution is 7.89. The Bertz CT molecular complexity index is 789. The summed E-state index contributed by atoms with van der Waals surface area (Å²) >= 11 is 0. The monoisotopic (exact) mass is 392 g/mol. The predicted molar refractivity (Wildman–Crippen MR) is 85.8 cm³/mol. The van der Waals surface area contributed by atoms with Crippen LogP contribution in [0.4, 0.5) is 13.2 Å². The van der Waals surface area contributed by atoms with E-state index in [1.165, 1.54) is 12.1 Å². The van der Waals surface area contributed by atoms with Crippen molar-refractivity contribution in [3.63, 3.8) is 0 Å². The Morgan fingerprint density at radius 1 is 1.31 bits per heavy atom. The van der Waals surface area contributed by atoms with E-state index in [0.29, 0.717) is 17.1 Å². The van der Waals surface area contributed by atoms with Crippen LogP contribution in [-0.2, 0) is 32.5 Å². The molecule has 2 aliphatic rings. The van der Waals surface area contributed by atoms with Crippen molar-refractivity contribution in [2.24, 2.45) is 0 Å². The van der Waals surface area contributed by atoms with E-state index in [-0.39, 0.29) is 37.1 Å². The number of carbonyl (C=O) groups is 1. The Kier molecular flexibility index (Phi) is 5.27. The Morgan fingerprint density at radius 2 is 2.08 bits per heavy atom. The van der Waals surface area contributed by atoms with Crippen molar-refractivity contribution in [3.8, 4) is 0 Å². The number of sulfonamides is 1. The van der Waals surface area contributed by atoms with Gasteiger partial charge in [-0.3, -0.25) is 4.79 Å². The zero-order valence-corrected chi connectivity index (χ0v) is 14.7. The number of amides is 1. The molecule has 1 N–H and O–H groups in total. The highest BCUT2D eigenvalue weighted by Crippen LogP contribution is 2.26. The highest BCUT2D eigenvalue weighted by Gasteiger charge is 2.43. The van der Waals surface area contributed by atoms with Crippen LogP contribution in [0.5, 0.6) is 0 Å². The molecular formula is C16H19F3N2O4S. The summed E-state index contributed by atoms with van der Waals surface area (Å²) in [7, 11) is -3.80. The van der Waals surface area contributed by atoms with E-state index in [9.17, 15) is 26.4 Å². The second kappa shape index (κ2) is 7.16. The van der Waals surface area contributed by atoms with Crippen LogP contribution in [0.1, 0.15) is 24.0 Å². The average Bonchev–Trinajstić information content (AvgIpc) is 3.11.